The van der Waals surface area contributed by atoms with E-state index in [0.717, 1.165) is 10.8 Å². The molecule has 0 fully saturated rings. The van der Waals surface area contributed by atoms with Gasteiger partial charge in [0.05, 0.1) is 12.8 Å². The maximum absolute atomic E-state index is 13.4. The van der Waals surface area contributed by atoms with Crippen LogP contribution < -0.4 is 10.1 Å². The smallest absolute Gasteiger partial charge is 0.187 e. The second-order valence-corrected chi connectivity index (χ2v) is 5.23. The third-order valence-corrected chi connectivity index (χ3v) is 3.72. The van der Waals surface area contributed by atoms with Gasteiger partial charge in [0, 0.05) is 16.6 Å². The van der Waals surface area contributed by atoms with E-state index < -0.39 is 0 Å². The van der Waals surface area contributed by atoms with Crippen LogP contribution in [0, 0.1) is 5.82 Å². The van der Waals surface area contributed by atoms with Crippen LogP contribution >= 0.6 is 11.3 Å². The second kappa shape index (κ2) is 5.93. The number of nitrogens with one attached hydrogen (secondary N) is 1. The van der Waals surface area contributed by atoms with E-state index in [-0.39, 0.29) is 5.82 Å². The van der Waals surface area contributed by atoms with Crippen molar-refractivity contribution in [2.45, 2.75) is 0 Å². The molecule has 1 aromatic heterocycles. The van der Waals surface area contributed by atoms with Crippen LogP contribution in [-0.4, -0.2) is 12.1 Å². The first-order valence-electron chi connectivity index (χ1n) is 6.38. The van der Waals surface area contributed by atoms with Crippen molar-refractivity contribution in [3.8, 4) is 17.0 Å². The molecule has 3 rings (SSSR count). The minimum Gasteiger partial charge on any atom is -0.496 e. The summed E-state index contributed by atoms with van der Waals surface area (Å²) in [5.74, 6) is 0.296. The molecule has 0 atom stereocenters. The number of anilines is 2. The standard InChI is InChI=1S/C16H13FN2OS/c1-20-15-8-7-11(17)9-13(15)14-10-21-16(19-14)18-12-5-3-2-4-6-12/h2-10H,1H3,(H,18,19). The number of para-hydroxylation sites is 1. The van der Waals surface area contributed by atoms with Crippen LogP contribution in [0.5, 0.6) is 5.75 Å². The molecule has 106 valence electrons. The van der Waals surface area contributed by atoms with Crippen molar-refractivity contribution in [2.24, 2.45) is 0 Å². The Morgan fingerprint density at radius 2 is 1.95 bits per heavy atom. The van der Waals surface area contributed by atoms with Crippen LogP contribution in [0.25, 0.3) is 11.3 Å². The highest BCUT2D eigenvalue weighted by Crippen LogP contribution is 2.33. The quantitative estimate of drug-likeness (QED) is 0.758. The monoisotopic (exact) mass is 300 g/mol. The largest absolute Gasteiger partial charge is 0.496 e. The fourth-order valence-corrected chi connectivity index (χ4v) is 2.71. The number of hydrogen-bond donors (Lipinski definition) is 1. The predicted molar refractivity (Wildman–Crippen MR) is 83.8 cm³/mol. The lowest BCUT2D eigenvalue weighted by molar-refractivity contribution is 0.415. The third kappa shape index (κ3) is 3.03. The lowest BCUT2D eigenvalue weighted by Gasteiger charge is -2.06. The summed E-state index contributed by atoms with van der Waals surface area (Å²) >= 11 is 1.46. The summed E-state index contributed by atoms with van der Waals surface area (Å²) < 4.78 is 18.7. The third-order valence-electron chi connectivity index (χ3n) is 2.97. The molecule has 1 heterocycles. The summed E-state index contributed by atoms with van der Waals surface area (Å²) in [5, 5.41) is 5.85. The molecule has 3 aromatic rings. The summed E-state index contributed by atoms with van der Waals surface area (Å²) in [5.41, 5.74) is 2.30. The number of benzene rings is 2. The summed E-state index contributed by atoms with van der Waals surface area (Å²) in [6.07, 6.45) is 0. The Balaban J connectivity index is 1.90. The fraction of sp³-hybridized carbons (Fsp3) is 0.0625. The first-order chi connectivity index (χ1) is 10.3. The van der Waals surface area contributed by atoms with E-state index in [0.29, 0.717) is 17.0 Å². The van der Waals surface area contributed by atoms with E-state index in [9.17, 15) is 4.39 Å². The van der Waals surface area contributed by atoms with E-state index in [2.05, 4.69) is 10.3 Å². The van der Waals surface area contributed by atoms with Gasteiger partial charge < -0.3 is 10.1 Å². The topological polar surface area (TPSA) is 34.1 Å². The Morgan fingerprint density at radius 3 is 2.71 bits per heavy atom. The van der Waals surface area contributed by atoms with Crippen molar-refractivity contribution in [3.05, 3.63) is 59.7 Å². The van der Waals surface area contributed by atoms with E-state index in [4.69, 9.17) is 4.74 Å². The van der Waals surface area contributed by atoms with Gasteiger partial charge in [-0.05, 0) is 30.3 Å². The van der Waals surface area contributed by atoms with Gasteiger partial charge in [-0.3, -0.25) is 0 Å². The van der Waals surface area contributed by atoms with Gasteiger partial charge in [0.2, 0.25) is 0 Å². The van der Waals surface area contributed by atoms with Crippen molar-refractivity contribution in [3.63, 3.8) is 0 Å². The van der Waals surface area contributed by atoms with Gasteiger partial charge in [0.15, 0.2) is 5.13 Å². The molecule has 0 spiro atoms. The molecule has 0 aliphatic heterocycles. The lowest BCUT2D eigenvalue weighted by Crippen LogP contribution is -1.91. The zero-order valence-electron chi connectivity index (χ0n) is 11.3. The number of halogens is 1. The molecule has 0 saturated heterocycles. The highest BCUT2D eigenvalue weighted by molar-refractivity contribution is 7.14. The Labute approximate surface area is 126 Å². The Hall–Kier alpha value is -2.40. The molecule has 0 aliphatic rings. The number of thiazole rings is 1. The summed E-state index contributed by atoms with van der Waals surface area (Å²) in [4.78, 5) is 4.49. The van der Waals surface area contributed by atoms with Gasteiger partial charge >= 0.3 is 0 Å². The summed E-state index contributed by atoms with van der Waals surface area (Å²) in [6, 6.07) is 14.2. The van der Waals surface area contributed by atoms with Crippen LogP contribution in [0.2, 0.25) is 0 Å². The number of nitrogens with zero attached hydrogens (tertiary/aromatic N) is 1. The fourth-order valence-electron chi connectivity index (χ4n) is 1.98. The minimum absolute atomic E-state index is 0.309. The van der Waals surface area contributed by atoms with Crippen LogP contribution in [0.4, 0.5) is 15.2 Å². The Morgan fingerprint density at radius 1 is 1.14 bits per heavy atom. The molecule has 21 heavy (non-hydrogen) atoms. The van der Waals surface area contributed by atoms with Crippen molar-refractivity contribution in [1.82, 2.24) is 4.98 Å². The number of methoxy groups -OCH3 is 1. The number of ether oxygens (including phenoxy) is 1. The zero-order chi connectivity index (χ0) is 14.7. The molecule has 5 heteroatoms. The van der Waals surface area contributed by atoms with E-state index in [1.807, 2.05) is 35.7 Å². The minimum atomic E-state index is -0.309. The summed E-state index contributed by atoms with van der Waals surface area (Å²) in [7, 11) is 1.56. The first kappa shape index (κ1) is 13.6. The van der Waals surface area contributed by atoms with Gasteiger partial charge in [-0.25, -0.2) is 9.37 Å². The molecule has 3 nitrogen and oxygen atoms in total. The van der Waals surface area contributed by atoms with Gasteiger partial charge in [0.1, 0.15) is 11.6 Å². The maximum atomic E-state index is 13.4. The number of aromatic nitrogens is 1. The SMILES string of the molecule is COc1ccc(F)cc1-c1csc(Nc2ccccc2)n1. The van der Waals surface area contributed by atoms with Crippen molar-refractivity contribution >= 4 is 22.2 Å². The zero-order valence-corrected chi connectivity index (χ0v) is 12.2. The van der Waals surface area contributed by atoms with Crippen molar-refractivity contribution < 1.29 is 9.13 Å². The van der Waals surface area contributed by atoms with Crippen molar-refractivity contribution in [1.29, 1.82) is 0 Å². The van der Waals surface area contributed by atoms with Gasteiger partial charge in [-0.1, -0.05) is 18.2 Å². The van der Waals surface area contributed by atoms with Crippen LogP contribution in [0.15, 0.2) is 53.9 Å². The Bertz CT molecular complexity index is 743. The van der Waals surface area contributed by atoms with Gasteiger partial charge in [-0.15, -0.1) is 11.3 Å². The maximum Gasteiger partial charge on any atom is 0.187 e. The average molecular weight is 300 g/mol. The van der Waals surface area contributed by atoms with Crippen LogP contribution in [0.3, 0.4) is 0 Å². The highest BCUT2D eigenvalue weighted by Gasteiger charge is 2.11. The molecular formula is C16H13FN2OS. The molecule has 0 radical (unpaired) electrons. The molecule has 0 aliphatic carbocycles. The highest BCUT2D eigenvalue weighted by atomic mass is 32.1. The van der Waals surface area contributed by atoms with Crippen molar-refractivity contribution in [2.75, 3.05) is 12.4 Å². The molecule has 2 aromatic carbocycles. The predicted octanol–water partition coefficient (Wildman–Crippen LogP) is 4.70. The lowest BCUT2D eigenvalue weighted by atomic mass is 10.1. The average Bonchev–Trinajstić information content (AvgIpc) is 2.96. The first-order valence-corrected chi connectivity index (χ1v) is 7.26. The second-order valence-electron chi connectivity index (χ2n) is 4.37. The molecule has 1 N–H and O–H groups in total. The molecule has 0 saturated carbocycles. The van der Waals surface area contributed by atoms with Gasteiger partial charge in [-0.2, -0.15) is 0 Å². The van der Waals surface area contributed by atoms with E-state index >= 15 is 0 Å². The molecule has 0 unspecified atom stereocenters. The molecule has 0 bridgehead atoms. The van der Waals surface area contributed by atoms with Crippen LogP contribution in [0.1, 0.15) is 0 Å². The number of rotatable bonds is 4. The van der Waals surface area contributed by atoms with Crippen LogP contribution in [-0.2, 0) is 0 Å². The molecule has 0 amide bonds. The van der Waals surface area contributed by atoms with E-state index in [1.165, 1.54) is 23.5 Å². The molecular weight excluding hydrogens is 287 g/mol. The van der Waals surface area contributed by atoms with E-state index in [1.54, 1.807) is 13.2 Å². The summed E-state index contributed by atoms with van der Waals surface area (Å²) in [6.45, 7) is 0. The number of hydrogen-bond acceptors (Lipinski definition) is 4. The normalized spacial score (nSPS) is 10.4. The van der Waals surface area contributed by atoms with Gasteiger partial charge in [0.25, 0.3) is 0 Å². The Kier molecular flexibility index (Phi) is 3.83.